The Balaban J connectivity index is 1.70. The van der Waals surface area contributed by atoms with Gasteiger partial charge in [-0.25, -0.2) is 0 Å². The summed E-state index contributed by atoms with van der Waals surface area (Å²) in [6, 6.07) is 18.7. The van der Waals surface area contributed by atoms with Crippen LogP contribution in [0.25, 0.3) is 0 Å². The topological polar surface area (TPSA) is 42.5 Å². The molecule has 0 saturated heterocycles. The van der Waals surface area contributed by atoms with E-state index >= 15 is 0 Å². The van der Waals surface area contributed by atoms with E-state index in [9.17, 15) is 0 Å². The van der Waals surface area contributed by atoms with Gasteiger partial charge in [0.15, 0.2) is 0 Å². The minimum absolute atomic E-state index is 0.701. The molecule has 0 fully saturated rings. The molecule has 0 aromatic heterocycles. The van der Waals surface area contributed by atoms with Crippen molar-refractivity contribution >= 4 is 0 Å². The van der Waals surface area contributed by atoms with Crippen molar-refractivity contribution in [2.45, 2.75) is 0 Å². The Kier molecular flexibility index (Phi) is 3.76. The highest BCUT2D eigenvalue weighted by molar-refractivity contribution is 5.21. The van der Waals surface area contributed by atoms with Crippen molar-refractivity contribution in [3.05, 3.63) is 60.7 Å². The number of para-hydroxylation sites is 2. The standard InChI is InChI=1S/C12H12N2O2/c1-3-7-11(8-4-1)15-13-14-16-12-9-5-2-6-10-12/h1-10,13-14H. The molecule has 2 rings (SSSR count). The van der Waals surface area contributed by atoms with Gasteiger partial charge in [0.25, 0.3) is 0 Å². The zero-order chi connectivity index (χ0) is 11.1. The van der Waals surface area contributed by atoms with E-state index < -0.39 is 0 Å². The Morgan fingerprint density at radius 2 is 0.938 bits per heavy atom. The fraction of sp³-hybridized carbons (Fsp3) is 0. The van der Waals surface area contributed by atoms with Crippen LogP contribution < -0.4 is 20.9 Å². The fourth-order valence-corrected chi connectivity index (χ4v) is 1.14. The molecule has 82 valence electrons. The maximum Gasteiger partial charge on any atom is 0.149 e. The second kappa shape index (κ2) is 5.75. The SMILES string of the molecule is c1ccc(ONNOc2ccccc2)cc1. The summed E-state index contributed by atoms with van der Waals surface area (Å²) in [6.45, 7) is 0. The molecular weight excluding hydrogens is 204 g/mol. The highest BCUT2D eigenvalue weighted by Crippen LogP contribution is 2.07. The summed E-state index contributed by atoms with van der Waals surface area (Å²) in [5.41, 5.74) is 4.96. The van der Waals surface area contributed by atoms with Crippen molar-refractivity contribution in [1.29, 1.82) is 0 Å². The zero-order valence-corrected chi connectivity index (χ0v) is 8.59. The number of hydrogen-bond acceptors (Lipinski definition) is 4. The Morgan fingerprint density at radius 1 is 0.562 bits per heavy atom. The third kappa shape index (κ3) is 3.27. The lowest BCUT2D eigenvalue weighted by Gasteiger charge is -2.08. The third-order valence-corrected chi connectivity index (χ3v) is 1.87. The molecule has 0 unspecified atom stereocenters. The molecule has 2 aromatic carbocycles. The number of hydrogen-bond donors (Lipinski definition) is 2. The van der Waals surface area contributed by atoms with Gasteiger partial charge in [-0.15, -0.1) is 0 Å². The summed E-state index contributed by atoms with van der Waals surface area (Å²) in [6.07, 6.45) is 0. The summed E-state index contributed by atoms with van der Waals surface area (Å²) < 4.78 is 0. The normalized spacial score (nSPS) is 9.75. The van der Waals surface area contributed by atoms with Crippen LogP contribution in [0, 0.1) is 0 Å². The van der Waals surface area contributed by atoms with Gasteiger partial charge in [-0.2, -0.15) is 0 Å². The Bertz CT molecular complexity index is 364. The first-order chi connectivity index (χ1) is 7.95. The van der Waals surface area contributed by atoms with Crippen molar-refractivity contribution < 1.29 is 9.68 Å². The fourth-order valence-electron chi connectivity index (χ4n) is 1.14. The largest absolute Gasteiger partial charge is 0.391 e. The summed E-state index contributed by atoms with van der Waals surface area (Å²) >= 11 is 0. The maximum absolute atomic E-state index is 5.14. The second-order valence-electron chi connectivity index (χ2n) is 3.03. The van der Waals surface area contributed by atoms with Crippen molar-refractivity contribution in [2.24, 2.45) is 0 Å². The molecule has 4 heteroatoms. The van der Waals surface area contributed by atoms with Crippen LogP contribution in [-0.4, -0.2) is 0 Å². The molecule has 16 heavy (non-hydrogen) atoms. The summed E-state index contributed by atoms with van der Waals surface area (Å²) in [5, 5.41) is 0. The Labute approximate surface area is 93.7 Å². The van der Waals surface area contributed by atoms with Gasteiger partial charge in [-0.3, -0.25) is 0 Å². The third-order valence-electron chi connectivity index (χ3n) is 1.87. The second-order valence-corrected chi connectivity index (χ2v) is 3.03. The molecule has 0 saturated carbocycles. The van der Waals surface area contributed by atoms with Gasteiger partial charge >= 0.3 is 0 Å². The summed E-state index contributed by atoms with van der Waals surface area (Å²) in [5.74, 6) is 1.40. The van der Waals surface area contributed by atoms with Gasteiger partial charge in [-0.05, 0) is 24.3 Å². The molecule has 0 radical (unpaired) electrons. The van der Waals surface area contributed by atoms with Crippen LogP contribution in [0.2, 0.25) is 0 Å². The molecular formula is C12H12N2O2. The van der Waals surface area contributed by atoms with Crippen molar-refractivity contribution in [3.8, 4) is 11.5 Å². The van der Waals surface area contributed by atoms with Gasteiger partial charge in [0.2, 0.25) is 0 Å². The average molecular weight is 216 g/mol. The van der Waals surface area contributed by atoms with E-state index in [4.69, 9.17) is 9.68 Å². The molecule has 0 aliphatic carbocycles. The van der Waals surface area contributed by atoms with Gasteiger partial charge in [0.05, 0.1) is 0 Å². The lowest BCUT2D eigenvalue weighted by Crippen LogP contribution is -2.37. The van der Waals surface area contributed by atoms with E-state index in [0.717, 1.165) is 0 Å². The molecule has 2 aromatic rings. The van der Waals surface area contributed by atoms with Crippen LogP contribution in [0.15, 0.2) is 60.7 Å². The minimum atomic E-state index is 0.701. The van der Waals surface area contributed by atoms with Crippen LogP contribution in [0.1, 0.15) is 0 Å². The predicted octanol–water partition coefficient (Wildman–Crippen LogP) is 2.07. The molecule has 0 spiro atoms. The molecule has 0 heterocycles. The number of benzene rings is 2. The minimum Gasteiger partial charge on any atom is -0.391 e. The van der Waals surface area contributed by atoms with Gasteiger partial charge < -0.3 is 9.68 Å². The van der Waals surface area contributed by atoms with Crippen LogP contribution in [0.4, 0.5) is 0 Å². The van der Waals surface area contributed by atoms with Crippen molar-refractivity contribution in [3.63, 3.8) is 0 Å². The van der Waals surface area contributed by atoms with Crippen LogP contribution in [-0.2, 0) is 0 Å². The molecule has 0 bridgehead atoms. The molecule has 2 N–H and O–H groups in total. The molecule has 0 atom stereocenters. The summed E-state index contributed by atoms with van der Waals surface area (Å²) in [7, 11) is 0. The molecule has 0 amide bonds. The Morgan fingerprint density at radius 3 is 1.31 bits per heavy atom. The van der Waals surface area contributed by atoms with E-state index in [0.29, 0.717) is 11.5 Å². The number of rotatable bonds is 5. The van der Waals surface area contributed by atoms with E-state index in [2.05, 4.69) is 11.2 Å². The molecule has 0 aliphatic heterocycles. The first-order valence-electron chi connectivity index (χ1n) is 4.89. The Hall–Kier alpha value is -2.04. The maximum atomic E-state index is 5.14. The smallest absolute Gasteiger partial charge is 0.149 e. The highest BCUT2D eigenvalue weighted by atomic mass is 16.8. The van der Waals surface area contributed by atoms with E-state index in [1.807, 2.05) is 60.7 Å². The number of nitrogens with one attached hydrogen (secondary N) is 2. The van der Waals surface area contributed by atoms with E-state index in [-0.39, 0.29) is 0 Å². The van der Waals surface area contributed by atoms with Gasteiger partial charge in [0.1, 0.15) is 11.5 Å². The average Bonchev–Trinajstić information content (AvgIpc) is 2.37. The van der Waals surface area contributed by atoms with E-state index in [1.54, 1.807) is 0 Å². The lowest BCUT2D eigenvalue weighted by atomic mass is 10.3. The monoisotopic (exact) mass is 216 g/mol. The molecule has 4 nitrogen and oxygen atoms in total. The van der Waals surface area contributed by atoms with Gasteiger partial charge in [0, 0.05) is 0 Å². The molecule has 0 aliphatic rings. The van der Waals surface area contributed by atoms with Crippen molar-refractivity contribution in [1.82, 2.24) is 11.2 Å². The zero-order valence-electron chi connectivity index (χ0n) is 8.59. The van der Waals surface area contributed by atoms with Crippen LogP contribution in [0.3, 0.4) is 0 Å². The predicted molar refractivity (Wildman–Crippen MR) is 60.4 cm³/mol. The number of hydrazine groups is 1. The van der Waals surface area contributed by atoms with Crippen molar-refractivity contribution in [2.75, 3.05) is 0 Å². The van der Waals surface area contributed by atoms with Gasteiger partial charge in [-0.1, -0.05) is 47.6 Å². The lowest BCUT2D eigenvalue weighted by molar-refractivity contribution is 0.0212. The van der Waals surface area contributed by atoms with Crippen LogP contribution >= 0.6 is 0 Å². The summed E-state index contributed by atoms with van der Waals surface area (Å²) in [4.78, 5) is 10.3. The first-order valence-corrected chi connectivity index (χ1v) is 4.89. The quantitative estimate of drug-likeness (QED) is 0.593. The van der Waals surface area contributed by atoms with Crippen LogP contribution in [0.5, 0.6) is 11.5 Å². The first kappa shape index (κ1) is 10.5. The van der Waals surface area contributed by atoms with E-state index in [1.165, 1.54) is 0 Å². The highest BCUT2D eigenvalue weighted by Gasteiger charge is 1.91.